The number of carbonyl (C=O) groups is 3. The number of ether oxygens (including phenoxy) is 1. The highest BCUT2D eigenvalue weighted by Crippen LogP contribution is 2.28. The van der Waals surface area contributed by atoms with Crippen molar-refractivity contribution in [3.8, 4) is 0 Å². The van der Waals surface area contributed by atoms with Gasteiger partial charge in [0.2, 0.25) is 5.91 Å². The Morgan fingerprint density at radius 1 is 0.850 bits per heavy atom. The Hall–Kier alpha value is -4.75. The fourth-order valence-corrected chi connectivity index (χ4v) is 9.60. The third-order valence-electron chi connectivity index (χ3n) is 13.2. The monoisotopic (exact) mass is 823 g/mol. The summed E-state index contributed by atoms with van der Waals surface area (Å²) in [6.07, 6.45) is 14.1. The van der Waals surface area contributed by atoms with Crippen LogP contribution in [-0.4, -0.2) is 124 Å². The normalized spacial score (nSPS) is 18.0. The molecule has 3 aliphatic rings. The van der Waals surface area contributed by atoms with Crippen molar-refractivity contribution in [2.75, 3.05) is 59.4 Å². The summed E-state index contributed by atoms with van der Waals surface area (Å²) in [6.45, 7) is 10.4. The number of hydrogen-bond acceptors (Lipinski definition) is 8. The molecular weight excluding hydrogens is 757 g/mol. The molecule has 3 aliphatic heterocycles. The van der Waals surface area contributed by atoms with E-state index in [1.54, 1.807) is 15.8 Å². The number of aromatic amines is 1. The second kappa shape index (κ2) is 20.7. The minimum Gasteiger partial charge on any atom is -0.442 e. The van der Waals surface area contributed by atoms with E-state index in [2.05, 4.69) is 45.2 Å². The molecule has 3 amide bonds. The molecule has 5 heterocycles. The first-order valence-electron chi connectivity index (χ1n) is 22.7. The lowest BCUT2D eigenvalue weighted by molar-refractivity contribution is -0.147. The molecule has 13 nitrogen and oxygen atoms in total. The van der Waals surface area contributed by atoms with Crippen molar-refractivity contribution in [1.29, 1.82) is 0 Å². The van der Waals surface area contributed by atoms with Crippen LogP contribution in [0.15, 0.2) is 53.5 Å². The molecule has 2 aromatic heterocycles. The number of nitrogens with one attached hydrogen (secondary N) is 2. The summed E-state index contributed by atoms with van der Waals surface area (Å²) >= 11 is 0. The van der Waals surface area contributed by atoms with Gasteiger partial charge in [-0.25, -0.2) is 9.48 Å². The molecule has 0 spiro atoms. The Bertz CT molecular complexity index is 2120. The SMILES string of the molecule is CCCCCCCCCC(=O)OCn1ncc2cc(CC(NC(=O)N3CCC(c4cc5ccccc5[nH]c4=O)CC3)C(=O)N3CCN(C4CCN(C)CC4)CC3)cc(C)c21. The summed E-state index contributed by atoms with van der Waals surface area (Å²) in [5, 5.41) is 9.62. The minimum atomic E-state index is -0.757. The molecule has 1 atom stereocenters. The Labute approximate surface area is 354 Å². The average Bonchev–Trinajstić information content (AvgIpc) is 3.68. The second-order valence-corrected chi connectivity index (χ2v) is 17.5. The number of pyridine rings is 1. The molecule has 2 N–H and O–H groups in total. The Kier molecular flexibility index (Phi) is 14.9. The van der Waals surface area contributed by atoms with Crippen LogP contribution in [0.5, 0.6) is 0 Å². The topological polar surface area (TPSA) is 136 Å². The lowest BCUT2D eigenvalue weighted by Gasteiger charge is -2.43. The molecule has 324 valence electrons. The number of piperazine rings is 1. The third-order valence-corrected chi connectivity index (χ3v) is 13.2. The van der Waals surface area contributed by atoms with Crippen LogP contribution in [0, 0.1) is 6.92 Å². The largest absolute Gasteiger partial charge is 0.442 e. The number of aryl methyl sites for hydroxylation is 1. The fourth-order valence-electron chi connectivity index (χ4n) is 9.60. The standard InChI is InChI=1S/C47H66N8O5/c1-4-5-6-7-8-9-10-15-43(56)60-33-55-44-34(2)28-35(29-38(44)32-48-55)30-42(46(58)53-26-24-52(25-27-53)39-18-20-51(3)21-19-39)50-47(59)54-22-16-36(17-23-54)40-31-37-13-11-12-14-41(37)49-45(40)57/h11-14,28-29,31-32,36,39,42H,4-10,15-27,30,33H2,1-3H3,(H,49,57)(H,50,59). The highest BCUT2D eigenvalue weighted by Gasteiger charge is 2.34. The van der Waals surface area contributed by atoms with Crippen molar-refractivity contribution in [1.82, 2.24) is 39.7 Å². The smallest absolute Gasteiger partial charge is 0.318 e. The van der Waals surface area contributed by atoms with Gasteiger partial charge in [-0.15, -0.1) is 0 Å². The zero-order valence-electron chi connectivity index (χ0n) is 36.1. The van der Waals surface area contributed by atoms with Gasteiger partial charge in [-0.05, 0) is 99.8 Å². The van der Waals surface area contributed by atoms with E-state index in [9.17, 15) is 19.2 Å². The van der Waals surface area contributed by atoms with Crippen molar-refractivity contribution in [3.05, 3.63) is 75.7 Å². The van der Waals surface area contributed by atoms with Gasteiger partial charge in [0.25, 0.3) is 5.56 Å². The van der Waals surface area contributed by atoms with Crippen molar-refractivity contribution in [3.63, 3.8) is 0 Å². The zero-order chi connectivity index (χ0) is 42.0. The van der Waals surface area contributed by atoms with E-state index in [-0.39, 0.29) is 36.1 Å². The number of para-hydroxylation sites is 1. The van der Waals surface area contributed by atoms with Gasteiger partial charge < -0.3 is 29.7 Å². The van der Waals surface area contributed by atoms with Gasteiger partial charge in [-0.2, -0.15) is 5.10 Å². The fraction of sp³-hybridized carbons (Fsp3) is 0.596. The predicted molar refractivity (Wildman–Crippen MR) is 236 cm³/mol. The summed E-state index contributed by atoms with van der Waals surface area (Å²) in [4.78, 5) is 65.7. The van der Waals surface area contributed by atoms with Gasteiger partial charge in [-0.1, -0.05) is 69.7 Å². The van der Waals surface area contributed by atoms with Gasteiger partial charge >= 0.3 is 12.0 Å². The van der Waals surface area contributed by atoms with Crippen LogP contribution in [0.1, 0.15) is 107 Å². The van der Waals surface area contributed by atoms with Crippen LogP contribution in [-0.2, 0) is 27.5 Å². The predicted octanol–water partition coefficient (Wildman–Crippen LogP) is 6.57. The van der Waals surface area contributed by atoms with Crippen molar-refractivity contribution in [2.24, 2.45) is 0 Å². The van der Waals surface area contributed by atoms with Crippen LogP contribution in [0.4, 0.5) is 4.79 Å². The molecule has 4 aromatic rings. The number of nitrogens with zero attached hydrogens (tertiary/aromatic N) is 6. The minimum absolute atomic E-state index is 0.0462. The number of hydrogen-bond donors (Lipinski definition) is 2. The molecule has 1 unspecified atom stereocenters. The Morgan fingerprint density at radius 2 is 1.57 bits per heavy atom. The van der Waals surface area contributed by atoms with Crippen LogP contribution in [0.2, 0.25) is 0 Å². The molecule has 0 aliphatic carbocycles. The van der Waals surface area contributed by atoms with E-state index in [1.165, 1.54) is 25.7 Å². The number of aromatic nitrogens is 3. The van der Waals surface area contributed by atoms with Crippen LogP contribution >= 0.6 is 0 Å². The van der Waals surface area contributed by atoms with Gasteiger partial charge in [0.15, 0.2) is 6.73 Å². The molecule has 3 saturated heterocycles. The first-order chi connectivity index (χ1) is 29.2. The number of likely N-dealkylation sites (tertiary alicyclic amines) is 2. The van der Waals surface area contributed by atoms with Crippen molar-refractivity contribution >= 4 is 39.7 Å². The molecule has 0 radical (unpaired) electrons. The number of fused-ring (bicyclic) bond motifs is 2. The van der Waals surface area contributed by atoms with Gasteiger partial charge in [-0.3, -0.25) is 19.3 Å². The molecule has 0 saturated carbocycles. The van der Waals surface area contributed by atoms with E-state index >= 15 is 0 Å². The molecular formula is C47H66N8O5. The Morgan fingerprint density at radius 3 is 2.32 bits per heavy atom. The van der Waals surface area contributed by atoms with E-state index in [1.807, 2.05) is 48.2 Å². The van der Waals surface area contributed by atoms with E-state index < -0.39 is 6.04 Å². The second-order valence-electron chi connectivity index (χ2n) is 17.5. The molecule has 13 heteroatoms. The first kappa shape index (κ1) is 43.3. The molecule has 60 heavy (non-hydrogen) atoms. The summed E-state index contributed by atoms with van der Waals surface area (Å²) in [7, 11) is 2.18. The maximum absolute atomic E-state index is 14.4. The maximum atomic E-state index is 14.4. The number of amides is 3. The number of carbonyl (C=O) groups excluding carboxylic acids is 3. The zero-order valence-corrected chi connectivity index (χ0v) is 36.1. The van der Waals surface area contributed by atoms with E-state index in [0.717, 1.165) is 96.8 Å². The number of urea groups is 1. The number of piperidine rings is 2. The van der Waals surface area contributed by atoms with Crippen molar-refractivity contribution in [2.45, 2.75) is 122 Å². The highest BCUT2D eigenvalue weighted by atomic mass is 16.5. The number of esters is 1. The van der Waals surface area contributed by atoms with Crippen LogP contribution < -0.4 is 10.9 Å². The highest BCUT2D eigenvalue weighted by molar-refractivity contribution is 5.88. The molecule has 7 rings (SSSR count). The lowest BCUT2D eigenvalue weighted by Crippen LogP contribution is -2.59. The summed E-state index contributed by atoms with van der Waals surface area (Å²) in [6, 6.07) is 13.4. The van der Waals surface area contributed by atoms with E-state index in [0.29, 0.717) is 57.9 Å². The number of H-pyrrole nitrogens is 1. The quantitative estimate of drug-likeness (QED) is 0.0958. The first-order valence-corrected chi connectivity index (χ1v) is 22.7. The lowest BCUT2D eigenvalue weighted by atomic mass is 9.89. The molecule has 3 fully saturated rings. The summed E-state index contributed by atoms with van der Waals surface area (Å²) < 4.78 is 7.35. The van der Waals surface area contributed by atoms with Gasteiger partial charge in [0, 0.05) is 74.6 Å². The summed E-state index contributed by atoms with van der Waals surface area (Å²) in [5.74, 6) is -0.229. The van der Waals surface area contributed by atoms with E-state index in [4.69, 9.17) is 4.74 Å². The van der Waals surface area contributed by atoms with Crippen LogP contribution in [0.25, 0.3) is 21.8 Å². The van der Waals surface area contributed by atoms with Gasteiger partial charge in [0.05, 0.1) is 11.7 Å². The molecule has 0 bridgehead atoms. The summed E-state index contributed by atoms with van der Waals surface area (Å²) in [5.41, 5.74) is 4.27. The van der Waals surface area contributed by atoms with Gasteiger partial charge in [0.1, 0.15) is 6.04 Å². The third kappa shape index (κ3) is 10.9. The van der Waals surface area contributed by atoms with Crippen LogP contribution in [0.3, 0.4) is 0 Å². The maximum Gasteiger partial charge on any atom is 0.318 e. The number of unbranched alkanes of at least 4 members (excludes halogenated alkanes) is 6. The number of benzene rings is 2. The Balaban J connectivity index is 0.996. The van der Waals surface area contributed by atoms with Crippen molar-refractivity contribution < 1.29 is 19.1 Å². The number of rotatable bonds is 16. The average molecular weight is 823 g/mol. The molecule has 2 aromatic carbocycles.